The van der Waals surface area contributed by atoms with Gasteiger partial charge in [0.1, 0.15) is 0 Å². The molecule has 1 fully saturated rings. The first-order valence-corrected chi connectivity index (χ1v) is 9.28. The van der Waals surface area contributed by atoms with Gasteiger partial charge in [0.05, 0.1) is 10.5 Å². The highest BCUT2D eigenvalue weighted by atomic mass is 32.2. The Morgan fingerprint density at radius 3 is 2.42 bits per heavy atom. The molecule has 0 aromatic heterocycles. The van der Waals surface area contributed by atoms with Crippen molar-refractivity contribution in [3.63, 3.8) is 0 Å². The number of aryl methyl sites for hydroxylation is 1. The Morgan fingerprint density at radius 2 is 1.83 bits per heavy atom. The number of carbonyl (C=O) groups excluding carboxylic acids is 2. The number of piperidine rings is 1. The molecule has 24 heavy (non-hydrogen) atoms. The number of carbonyl (C=O) groups is 2. The normalized spacial score (nSPS) is 17.2. The predicted octanol–water partition coefficient (Wildman–Crippen LogP) is 1.20. The van der Waals surface area contributed by atoms with E-state index in [9.17, 15) is 18.0 Å². The summed E-state index contributed by atoms with van der Waals surface area (Å²) >= 11 is 0. The third-order valence-electron chi connectivity index (χ3n) is 4.07. The Balaban J connectivity index is 2.31. The van der Waals surface area contributed by atoms with Crippen molar-refractivity contribution in [2.24, 2.45) is 5.73 Å². The van der Waals surface area contributed by atoms with Crippen molar-refractivity contribution in [3.8, 4) is 0 Å². The van der Waals surface area contributed by atoms with Gasteiger partial charge in [0.15, 0.2) is 6.10 Å². The highest BCUT2D eigenvalue weighted by Crippen LogP contribution is 2.23. The van der Waals surface area contributed by atoms with Crippen LogP contribution in [0.15, 0.2) is 23.1 Å². The standard InChI is InChI=1S/C16H22N2O5S/c1-11-6-7-13(24(21,22)18-8-4-3-5-9-18)10-14(11)16(20)23-12(2)15(17)19/h6-7,10,12H,3-5,8-9H2,1-2H3,(H2,17,19)/t12-/m1/s1. The number of rotatable bonds is 5. The van der Waals surface area contributed by atoms with E-state index in [0.717, 1.165) is 19.3 Å². The van der Waals surface area contributed by atoms with E-state index < -0.39 is 28.0 Å². The second-order valence-corrected chi connectivity index (χ2v) is 7.83. The number of hydrogen-bond donors (Lipinski definition) is 1. The first kappa shape index (κ1) is 18.4. The molecular weight excluding hydrogens is 332 g/mol. The summed E-state index contributed by atoms with van der Waals surface area (Å²) in [6.07, 6.45) is 1.59. The molecule has 0 unspecified atom stereocenters. The van der Waals surface area contributed by atoms with E-state index >= 15 is 0 Å². The fourth-order valence-electron chi connectivity index (χ4n) is 2.52. The lowest BCUT2D eigenvalue weighted by Crippen LogP contribution is -2.35. The Kier molecular flexibility index (Phi) is 5.61. The van der Waals surface area contributed by atoms with Gasteiger partial charge in [-0.2, -0.15) is 4.31 Å². The first-order chi connectivity index (χ1) is 11.2. The molecule has 1 aliphatic heterocycles. The van der Waals surface area contributed by atoms with Crippen molar-refractivity contribution in [1.82, 2.24) is 4.31 Å². The number of primary amides is 1. The van der Waals surface area contributed by atoms with E-state index in [4.69, 9.17) is 10.5 Å². The maximum atomic E-state index is 12.7. The van der Waals surface area contributed by atoms with E-state index in [2.05, 4.69) is 0 Å². The zero-order valence-corrected chi connectivity index (χ0v) is 14.6. The van der Waals surface area contributed by atoms with Crippen molar-refractivity contribution < 1.29 is 22.7 Å². The van der Waals surface area contributed by atoms with Gasteiger partial charge in [0, 0.05) is 13.1 Å². The van der Waals surface area contributed by atoms with Crippen LogP contribution in [0.4, 0.5) is 0 Å². The Hall–Kier alpha value is -1.93. The molecule has 8 heteroatoms. The molecule has 1 aromatic carbocycles. The summed E-state index contributed by atoms with van der Waals surface area (Å²) in [7, 11) is -3.65. The molecule has 1 aliphatic rings. The summed E-state index contributed by atoms with van der Waals surface area (Å²) in [5.74, 6) is -1.53. The molecule has 0 saturated carbocycles. The largest absolute Gasteiger partial charge is 0.449 e. The fraction of sp³-hybridized carbons (Fsp3) is 0.500. The van der Waals surface area contributed by atoms with Gasteiger partial charge in [-0.15, -0.1) is 0 Å². The first-order valence-electron chi connectivity index (χ1n) is 7.84. The lowest BCUT2D eigenvalue weighted by atomic mass is 10.1. The molecule has 0 spiro atoms. The van der Waals surface area contributed by atoms with Gasteiger partial charge in [-0.1, -0.05) is 12.5 Å². The highest BCUT2D eigenvalue weighted by Gasteiger charge is 2.27. The summed E-state index contributed by atoms with van der Waals surface area (Å²) in [4.78, 5) is 23.3. The fourth-order valence-corrected chi connectivity index (χ4v) is 4.06. The monoisotopic (exact) mass is 354 g/mol. The van der Waals surface area contributed by atoms with Crippen molar-refractivity contribution in [1.29, 1.82) is 0 Å². The maximum Gasteiger partial charge on any atom is 0.339 e. The van der Waals surface area contributed by atoms with Crippen LogP contribution in [0.2, 0.25) is 0 Å². The molecule has 1 heterocycles. The number of nitrogens with zero attached hydrogens (tertiary/aromatic N) is 1. The van der Waals surface area contributed by atoms with E-state index in [0.29, 0.717) is 18.7 Å². The Labute approximate surface area is 141 Å². The molecule has 1 aromatic rings. The third kappa shape index (κ3) is 3.93. The number of nitrogens with two attached hydrogens (primary N) is 1. The molecule has 2 N–H and O–H groups in total. The van der Waals surface area contributed by atoms with Gasteiger partial charge in [0.25, 0.3) is 5.91 Å². The van der Waals surface area contributed by atoms with Gasteiger partial charge < -0.3 is 10.5 Å². The van der Waals surface area contributed by atoms with E-state index in [1.165, 1.54) is 23.4 Å². The van der Waals surface area contributed by atoms with E-state index in [1.54, 1.807) is 13.0 Å². The zero-order chi connectivity index (χ0) is 17.9. The van der Waals surface area contributed by atoms with Crippen molar-refractivity contribution in [3.05, 3.63) is 29.3 Å². The van der Waals surface area contributed by atoms with Crippen LogP contribution in [0.5, 0.6) is 0 Å². The van der Waals surface area contributed by atoms with E-state index in [1.807, 2.05) is 0 Å². The molecule has 7 nitrogen and oxygen atoms in total. The summed E-state index contributed by atoms with van der Waals surface area (Å²) in [5.41, 5.74) is 5.75. The number of hydrogen-bond acceptors (Lipinski definition) is 5. The van der Waals surface area contributed by atoms with E-state index in [-0.39, 0.29) is 10.5 Å². The Bertz CT molecular complexity index is 739. The molecule has 1 amide bonds. The minimum atomic E-state index is -3.65. The lowest BCUT2D eigenvalue weighted by Gasteiger charge is -2.26. The van der Waals surface area contributed by atoms with Crippen LogP contribution in [-0.4, -0.2) is 43.8 Å². The number of esters is 1. The van der Waals surface area contributed by atoms with Gasteiger partial charge in [0.2, 0.25) is 10.0 Å². The number of benzene rings is 1. The summed E-state index contributed by atoms with van der Waals surface area (Å²) in [6, 6.07) is 4.34. The molecular formula is C16H22N2O5S. The molecule has 0 radical (unpaired) electrons. The van der Waals surface area contributed by atoms with Gasteiger partial charge >= 0.3 is 5.97 Å². The van der Waals surface area contributed by atoms with Crippen molar-refractivity contribution >= 4 is 21.9 Å². The maximum absolute atomic E-state index is 12.7. The molecule has 1 atom stereocenters. The lowest BCUT2D eigenvalue weighted by molar-refractivity contribution is -0.125. The topological polar surface area (TPSA) is 107 Å². The minimum Gasteiger partial charge on any atom is -0.449 e. The summed E-state index contributed by atoms with van der Waals surface area (Å²) < 4.78 is 31.8. The average Bonchev–Trinajstić information content (AvgIpc) is 2.55. The quantitative estimate of drug-likeness (QED) is 0.800. The number of amides is 1. The second-order valence-electron chi connectivity index (χ2n) is 5.89. The molecule has 1 saturated heterocycles. The predicted molar refractivity (Wildman–Crippen MR) is 87.9 cm³/mol. The summed E-state index contributed by atoms with van der Waals surface area (Å²) in [5, 5.41) is 0. The van der Waals surface area contributed by atoms with Crippen LogP contribution < -0.4 is 5.73 Å². The smallest absolute Gasteiger partial charge is 0.339 e. The SMILES string of the molecule is Cc1ccc(S(=O)(=O)N2CCCCC2)cc1C(=O)O[C@H](C)C(N)=O. The zero-order valence-electron chi connectivity index (χ0n) is 13.8. The number of ether oxygens (including phenoxy) is 1. The average molecular weight is 354 g/mol. The minimum absolute atomic E-state index is 0.0497. The molecule has 0 bridgehead atoms. The van der Waals surface area contributed by atoms with Crippen LogP contribution in [0.3, 0.4) is 0 Å². The van der Waals surface area contributed by atoms with Crippen molar-refractivity contribution in [2.45, 2.75) is 44.1 Å². The van der Waals surface area contributed by atoms with Crippen molar-refractivity contribution in [2.75, 3.05) is 13.1 Å². The Morgan fingerprint density at radius 1 is 1.21 bits per heavy atom. The van der Waals surface area contributed by atoms with Crippen LogP contribution in [0.25, 0.3) is 0 Å². The highest BCUT2D eigenvalue weighted by molar-refractivity contribution is 7.89. The van der Waals surface area contributed by atoms with Crippen LogP contribution in [-0.2, 0) is 19.6 Å². The molecule has 132 valence electrons. The van der Waals surface area contributed by atoms with Crippen LogP contribution in [0.1, 0.15) is 42.1 Å². The third-order valence-corrected chi connectivity index (χ3v) is 5.96. The molecule has 2 rings (SSSR count). The number of sulfonamides is 1. The van der Waals surface area contributed by atoms with Crippen LogP contribution >= 0.6 is 0 Å². The van der Waals surface area contributed by atoms with Crippen LogP contribution in [0, 0.1) is 6.92 Å². The van der Waals surface area contributed by atoms with Gasteiger partial charge in [-0.3, -0.25) is 4.79 Å². The van der Waals surface area contributed by atoms with Gasteiger partial charge in [-0.05, 0) is 44.4 Å². The second kappa shape index (κ2) is 7.31. The van der Waals surface area contributed by atoms with Gasteiger partial charge in [-0.25, -0.2) is 13.2 Å². The summed E-state index contributed by atoms with van der Waals surface area (Å²) in [6.45, 7) is 4.00. The molecule has 0 aliphatic carbocycles.